The molecule has 2 aromatic rings. The molecule has 1 aromatic carbocycles. The maximum Gasteiger partial charge on any atom is 0.189 e. The summed E-state index contributed by atoms with van der Waals surface area (Å²) in [5, 5.41) is 10.7. The van der Waals surface area contributed by atoms with Gasteiger partial charge in [-0.2, -0.15) is 5.26 Å². The predicted octanol–water partition coefficient (Wildman–Crippen LogP) is 4.52. The topological polar surface area (TPSA) is 71.3 Å². The number of thioether (sulfide) groups is 1. The summed E-state index contributed by atoms with van der Waals surface area (Å²) >= 11 is 1.48. The van der Waals surface area contributed by atoms with Crippen molar-refractivity contribution < 1.29 is 9.47 Å². The maximum absolute atomic E-state index is 10.0. The van der Waals surface area contributed by atoms with Crippen LogP contribution >= 0.6 is 11.8 Å². The van der Waals surface area contributed by atoms with Gasteiger partial charge in [0.2, 0.25) is 0 Å². The van der Waals surface area contributed by atoms with Gasteiger partial charge in [0.1, 0.15) is 11.6 Å². The highest BCUT2D eigenvalue weighted by molar-refractivity contribution is 7.98. The van der Waals surface area contributed by atoms with Crippen molar-refractivity contribution in [1.29, 1.82) is 5.26 Å². The Balaban J connectivity index is 2.21. The number of nitrogens with zero attached hydrogens (tertiary/aromatic N) is 4. The van der Waals surface area contributed by atoms with Crippen molar-refractivity contribution in [3.8, 4) is 28.8 Å². The van der Waals surface area contributed by atoms with Gasteiger partial charge in [-0.1, -0.05) is 11.8 Å². The van der Waals surface area contributed by atoms with Gasteiger partial charge >= 0.3 is 0 Å². The van der Waals surface area contributed by atoms with Crippen LogP contribution in [0.2, 0.25) is 0 Å². The molecule has 7 heteroatoms. The first-order valence-electron chi connectivity index (χ1n) is 9.40. The molecule has 0 bridgehead atoms. The number of methoxy groups -OCH3 is 2. The summed E-state index contributed by atoms with van der Waals surface area (Å²) in [7, 11) is 3.20. The molecule has 2 unspecified atom stereocenters. The maximum atomic E-state index is 10.0. The molecule has 0 radical (unpaired) electrons. The van der Waals surface area contributed by atoms with Gasteiger partial charge in [-0.15, -0.1) is 0 Å². The number of hydrogen-bond acceptors (Lipinski definition) is 7. The molecule has 0 saturated carbocycles. The van der Waals surface area contributed by atoms with Crippen molar-refractivity contribution in [2.45, 2.75) is 50.4 Å². The highest BCUT2D eigenvalue weighted by Gasteiger charge is 2.30. The Labute approximate surface area is 170 Å². The smallest absolute Gasteiger partial charge is 0.189 e. The Bertz CT molecular complexity index is 887. The molecule has 6 nitrogen and oxygen atoms in total. The molecule has 0 amide bonds. The molecule has 2 atom stereocenters. The zero-order valence-electron chi connectivity index (χ0n) is 17.0. The molecule has 148 valence electrons. The lowest BCUT2D eigenvalue weighted by Gasteiger charge is -2.40. The molecule has 0 spiro atoms. The van der Waals surface area contributed by atoms with E-state index < -0.39 is 0 Å². The number of aromatic nitrogens is 2. The van der Waals surface area contributed by atoms with Gasteiger partial charge in [-0.3, -0.25) is 0 Å². The van der Waals surface area contributed by atoms with Crippen molar-refractivity contribution in [2.24, 2.45) is 0 Å². The van der Waals surface area contributed by atoms with E-state index in [1.807, 2.05) is 24.5 Å². The largest absolute Gasteiger partial charge is 0.493 e. The summed E-state index contributed by atoms with van der Waals surface area (Å²) in [5.41, 5.74) is 1.94. The summed E-state index contributed by atoms with van der Waals surface area (Å²) in [4.78, 5) is 11.7. The molecule has 2 heterocycles. The average Bonchev–Trinajstić information content (AvgIpc) is 2.72. The first-order chi connectivity index (χ1) is 13.5. The molecule has 0 N–H and O–H groups in total. The van der Waals surface area contributed by atoms with Crippen molar-refractivity contribution in [3.05, 3.63) is 23.8 Å². The first-order valence-corrected chi connectivity index (χ1v) is 10.6. The fourth-order valence-corrected chi connectivity index (χ4v) is 4.20. The van der Waals surface area contributed by atoms with Crippen LogP contribution in [0.1, 0.15) is 38.7 Å². The Kier molecular flexibility index (Phi) is 6.30. The minimum atomic E-state index is 0.332. The van der Waals surface area contributed by atoms with E-state index in [4.69, 9.17) is 14.5 Å². The van der Waals surface area contributed by atoms with Crippen LogP contribution in [0.25, 0.3) is 11.3 Å². The Hall–Kier alpha value is -2.46. The van der Waals surface area contributed by atoms with Crippen LogP contribution in [-0.4, -0.2) is 42.5 Å². The summed E-state index contributed by atoms with van der Waals surface area (Å²) in [6, 6.07) is 8.63. The van der Waals surface area contributed by atoms with Gasteiger partial charge in [0.15, 0.2) is 22.5 Å². The molecule has 0 aliphatic carbocycles. The Morgan fingerprint density at radius 1 is 1.11 bits per heavy atom. The summed E-state index contributed by atoms with van der Waals surface area (Å²) in [5.74, 6) is 1.98. The minimum absolute atomic E-state index is 0.332. The molecular formula is C21H26N4O2S. The van der Waals surface area contributed by atoms with Crippen LogP contribution in [0.5, 0.6) is 11.5 Å². The van der Waals surface area contributed by atoms with E-state index in [2.05, 4.69) is 29.8 Å². The SMILES string of the molecule is COc1ccc(-c2nc(SC)nc(N3C(C)CCCC3C)c2C#N)cc1OC. The van der Waals surface area contributed by atoms with Crippen LogP contribution in [0.3, 0.4) is 0 Å². The standard InChI is InChI=1S/C21H26N4O2S/c1-13-7-6-8-14(2)25(13)20-16(12-22)19(23-21(24-20)28-5)15-9-10-17(26-3)18(11-15)27-4/h9-11,13-14H,6-8H2,1-5H3. The predicted molar refractivity (Wildman–Crippen MR) is 112 cm³/mol. The van der Waals surface area contributed by atoms with E-state index in [9.17, 15) is 5.26 Å². The number of piperidine rings is 1. The highest BCUT2D eigenvalue weighted by Crippen LogP contribution is 2.38. The summed E-state index contributed by atoms with van der Waals surface area (Å²) < 4.78 is 10.8. The summed E-state index contributed by atoms with van der Waals surface area (Å²) in [6.45, 7) is 4.40. The third-order valence-corrected chi connectivity index (χ3v) is 5.81. The zero-order valence-corrected chi connectivity index (χ0v) is 17.8. The van der Waals surface area contributed by atoms with E-state index in [1.54, 1.807) is 14.2 Å². The van der Waals surface area contributed by atoms with Crippen molar-refractivity contribution in [3.63, 3.8) is 0 Å². The Morgan fingerprint density at radius 3 is 2.36 bits per heavy atom. The second-order valence-corrected chi connectivity index (χ2v) is 7.75. The zero-order chi connectivity index (χ0) is 20.3. The summed E-state index contributed by atoms with van der Waals surface area (Å²) in [6.07, 6.45) is 5.34. The fraction of sp³-hybridized carbons (Fsp3) is 0.476. The van der Waals surface area contributed by atoms with Crippen LogP contribution < -0.4 is 14.4 Å². The fourth-order valence-electron chi connectivity index (χ4n) is 3.84. The number of benzene rings is 1. The monoisotopic (exact) mass is 398 g/mol. The number of hydrogen-bond donors (Lipinski definition) is 0. The minimum Gasteiger partial charge on any atom is -0.493 e. The molecule has 28 heavy (non-hydrogen) atoms. The van der Waals surface area contributed by atoms with E-state index in [-0.39, 0.29) is 0 Å². The van der Waals surface area contributed by atoms with Crippen molar-refractivity contribution >= 4 is 17.6 Å². The number of anilines is 1. The Morgan fingerprint density at radius 2 is 1.79 bits per heavy atom. The number of ether oxygens (including phenoxy) is 2. The average molecular weight is 399 g/mol. The highest BCUT2D eigenvalue weighted by atomic mass is 32.2. The molecule has 1 saturated heterocycles. The van der Waals surface area contributed by atoms with Gasteiger partial charge in [0, 0.05) is 17.6 Å². The van der Waals surface area contributed by atoms with Crippen LogP contribution in [0, 0.1) is 11.3 Å². The van der Waals surface area contributed by atoms with E-state index in [0.29, 0.717) is 40.0 Å². The third kappa shape index (κ3) is 3.74. The van der Waals surface area contributed by atoms with Gasteiger partial charge in [-0.25, -0.2) is 9.97 Å². The van der Waals surface area contributed by atoms with Crippen LogP contribution in [-0.2, 0) is 0 Å². The van der Waals surface area contributed by atoms with Crippen LogP contribution in [0.4, 0.5) is 5.82 Å². The van der Waals surface area contributed by atoms with Crippen LogP contribution in [0.15, 0.2) is 23.4 Å². The first kappa shape index (κ1) is 20.3. The van der Waals surface area contributed by atoms with Gasteiger partial charge in [-0.05, 0) is 57.6 Å². The molecule has 1 aromatic heterocycles. The number of nitriles is 1. The van der Waals surface area contributed by atoms with Crippen molar-refractivity contribution in [2.75, 3.05) is 25.4 Å². The van der Waals surface area contributed by atoms with Gasteiger partial charge < -0.3 is 14.4 Å². The lowest BCUT2D eigenvalue weighted by Crippen LogP contribution is -2.44. The van der Waals surface area contributed by atoms with Crippen molar-refractivity contribution in [1.82, 2.24) is 9.97 Å². The molecule has 1 fully saturated rings. The second-order valence-electron chi connectivity index (χ2n) is 6.98. The molecule has 3 rings (SSSR count). The third-order valence-electron chi connectivity index (χ3n) is 5.26. The molecular weight excluding hydrogens is 372 g/mol. The molecule has 1 aliphatic heterocycles. The lowest BCUT2D eigenvalue weighted by atomic mass is 9.96. The quantitative estimate of drug-likeness (QED) is 0.541. The van der Waals surface area contributed by atoms with E-state index in [0.717, 1.165) is 24.2 Å². The van der Waals surface area contributed by atoms with E-state index in [1.165, 1.54) is 18.2 Å². The lowest BCUT2D eigenvalue weighted by molar-refractivity contribution is 0.355. The normalized spacial score (nSPS) is 19.2. The number of rotatable bonds is 5. The second kappa shape index (κ2) is 8.70. The van der Waals surface area contributed by atoms with Gasteiger partial charge in [0.05, 0.1) is 19.9 Å². The van der Waals surface area contributed by atoms with Gasteiger partial charge in [0.25, 0.3) is 0 Å². The molecule has 1 aliphatic rings. The van der Waals surface area contributed by atoms with E-state index >= 15 is 0 Å².